The number of ketones is 1. The van der Waals surface area contributed by atoms with Gasteiger partial charge in [0.1, 0.15) is 17.4 Å². The van der Waals surface area contributed by atoms with Gasteiger partial charge >= 0.3 is 0 Å². The summed E-state index contributed by atoms with van der Waals surface area (Å²) >= 11 is 0. The average Bonchev–Trinajstić information content (AvgIpc) is 2.43. The molecule has 2 N–H and O–H groups in total. The number of ether oxygens (including phenoxy) is 1. The van der Waals surface area contributed by atoms with Crippen LogP contribution < -0.4 is 10.5 Å². The van der Waals surface area contributed by atoms with Crippen LogP contribution in [0.5, 0.6) is 5.75 Å². The second kappa shape index (κ2) is 6.54. The summed E-state index contributed by atoms with van der Waals surface area (Å²) in [6, 6.07) is 13.0. The third-order valence-corrected chi connectivity index (χ3v) is 2.71. The predicted octanol–water partition coefficient (Wildman–Crippen LogP) is 2.24. The molecule has 0 amide bonds. The Morgan fingerprint density at radius 3 is 2.68 bits per heavy atom. The number of hydrogen-bond donors (Lipinski definition) is 1. The summed E-state index contributed by atoms with van der Waals surface area (Å²) in [5.41, 5.74) is 6.46. The third kappa shape index (κ3) is 4.10. The predicted molar refractivity (Wildman–Crippen MR) is 73.9 cm³/mol. The van der Waals surface area contributed by atoms with Crippen molar-refractivity contribution >= 4 is 11.6 Å². The molecule has 0 spiro atoms. The van der Waals surface area contributed by atoms with Crippen LogP contribution in [0.3, 0.4) is 0 Å². The van der Waals surface area contributed by atoms with Gasteiger partial charge in [-0.25, -0.2) is 4.98 Å². The van der Waals surface area contributed by atoms with Gasteiger partial charge < -0.3 is 10.5 Å². The minimum absolute atomic E-state index is 0.0932. The molecular weight excluding hydrogens is 240 g/mol. The molecule has 1 aromatic carbocycles. The number of benzene rings is 1. The van der Waals surface area contributed by atoms with E-state index < -0.39 is 0 Å². The van der Waals surface area contributed by atoms with Crippen molar-refractivity contribution in [2.24, 2.45) is 0 Å². The van der Waals surface area contributed by atoms with Gasteiger partial charge in [0.15, 0.2) is 0 Å². The van der Waals surface area contributed by atoms with Gasteiger partial charge in [-0.15, -0.1) is 0 Å². The van der Waals surface area contributed by atoms with E-state index in [2.05, 4.69) is 4.98 Å². The molecule has 0 radical (unpaired) electrons. The van der Waals surface area contributed by atoms with E-state index in [1.165, 1.54) is 0 Å². The van der Waals surface area contributed by atoms with Crippen LogP contribution in [0.15, 0.2) is 48.7 Å². The lowest BCUT2D eigenvalue weighted by atomic mass is 10.1. The van der Waals surface area contributed by atoms with Crippen molar-refractivity contribution in [3.05, 3.63) is 54.2 Å². The number of para-hydroxylation sites is 1. The molecule has 0 aliphatic rings. The quantitative estimate of drug-likeness (QED) is 0.860. The molecule has 0 fully saturated rings. The lowest BCUT2D eigenvalue weighted by molar-refractivity contribution is -0.118. The highest BCUT2D eigenvalue weighted by Gasteiger charge is 2.07. The third-order valence-electron chi connectivity index (χ3n) is 2.71. The van der Waals surface area contributed by atoms with Crippen molar-refractivity contribution in [3.63, 3.8) is 0 Å². The lowest BCUT2D eigenvalue weighted by Gasteiger charge is -2.06. The molecule has 19 heavy (non-hydrogen) atoms. The minimum Gasteiger partial charge on any atom is -0.493 e. The van der Waals surface area contributed by atoms with Crippen molar-refractivity contribution < 1.29 is 9.53 Å². The zero-order chi connectivity index (χ0) is 13.5. The van der Waals surface area contributed by atoms with E-state index in [0.717, 1.165) is 11.3 Å². The fourth-order valence-corrected chi connectivity index (χ4v) is 1.70. The fraction of sp³-hybridized carbons (Fsp3) is 0.200. The molecule has 0 unspecified atom stereocenters. The van der Waals surface area contributed by atoms with E-state index in [4.69, 9.17) is 10.5 Å². The molecule has 0 aliphatic carbocycles. The summed E-state index contributed by atoms with van der Waals surface area (Å²) in [4.78, 5) is 15.7. The number of carbonyl (C=O) groups excluding carboxylic acids is 1. The Hall–Kier alpha value is -2.36. The standard InChI is InChI=1S/C15H16N2O2/c16-15-12(5-4-9-17-15)11-13(18)8-10-19-14-6-2-1-3-7-14/h1-7,9H,8,10-11H2,(H2,16,17). The van der Waals surface area contributed by atoms with Gasteiger partial charge in [-0.2, -0.15) is 0 Å². The van der Waals surface area contributed by atoms with E-state index in [0.29, 0.717) is 25.3 Å². The molecular formula is C15H16N2O2. The van der Waals surface area contributed by atoms with Gasteiger partial charge in [-0.05, 0) is 18.2 Å². The highest BCUT2D eigenvalue weighted by molar-refractivity contribution is 5.82. The molecule has 4 nitrogen and oxygen atoms in total. The summed E-state index contributed by atoms with van der Waals surface area (Å²) in [7, 11) is 0. The number of Topliss-reactive ketones (excluding diaryl/α,β-unsaturated/α-hetero) is 1. The average molecular weight is 256 g/mol. The highest BCUT2D eigenvalue weighted by Crippen LogP contribution is 2.11. The number of pyridine rings is 1. The largest absolute Gasteiger partial charge is 0.493 e. The zero-order valence-corrected chi connectivity index (χ0v) is 10.6. The van der Waals surface area contributed by atoms with Crippen LogP contribution in [0.1, 0.15) is 12.0 Å². The number of rotatable bonds is 6. The van der Waals surface area contributed by atoms with Gasteiger partial charge in [0.25, 0.3) is 0 Å². The normalized spacial score (nSPS) is 10.1. The first-order chi connectivity index (χ1) is 9.25. The molecule has 0 saturated carbocycles. The first-order valence-electron chi connectivity index (χ1n) is 6.14. The van der Waals surface area contributed by atoms with Crippen molar-refractivity contribution in [2.75, 3.05) is 12.3 Å². The van der Waals surface area contributed by atoms with Gasteiger partial charge in [-0.3, -0.25) is 4.79 Å². The number of nitrogen functional groups attached to an aromatic ring is 1. The fourth-order valence-electron chi connectivity index (χ4n) is 1.70. The van der Waals surface area contributed by atoms with E-state index in [-0.39, 0.29) is 5.78 Å². The molecule has 0 aliphatic heterocycles. The molecule has 0 atom stereocenters. The second-order valence-corrected chi connectivity index (χ2v) is 4.17. The van der Waals surface area contributed by atoms with Crippen LogP contribution >= 0.6 is 0 Å². The molecule has 2 rings (SSSR count). The molecule has 2 aromatic rings. The number of hydrogen-bond acceptors (Lipinski definition) is 4. The zero-order valence-electron chi connectivity index (χ0n) is 10.6. The van der Waals surface area contributed by atoms with Crippen LogP contribution in [0.25, 0.3) is 0 Å². The molecule has 0 bridgehead atoms. The van der Waals surface area contributed by atoms with E-state index >= 15 is 0 Å². The topological polar surface area (TPSA) is 65.2 Å². The van der Waals surface area contributed by atoms with Crippen LogP contribution in [-0.4, -0.2) is 17.4 Å². The van der Waals surface area contributed by atoms with Crippen LogP contribution in [0.2, 0.25) is 0 Å². The molecule has 0 saturated heterocycles. The lowest BCUT2D eigenvalue weighted by Crippen LogP contribution is -2.10. The first kappa shape index (κ1) is 13.1. The summed E-state index contributed by atoms with van der Waals surface area (Å²) in [6.45, 7) is 0.378. The number of aromatic nitrogens is 1. The van der Waals surface area contributed by atoms with Gasteiger partial charge in [0, 0.05) is 24.6 Å². The van der Waals surface area contributed by atoms with Crippen molar-refractivity contribution in [3.8, 4) is 5.75 Å². The highest BCUT2D eigenvalue weighted by atomic mass is 16.5. The maximum absolute atomic E-state index is 11.8. The Labute approximate surface area is 112 Å². The summed E-state index contributed by atoms with van der Waals surface area (Å²) in [6.07, 6.45) is 2.28. The summed E-state index contributed by atoms with van der Waals surface area (Å²) in [5.74, 6) is 1.28. The Bertz CT molecular complexity index is 541. The number of nitrogens with zero attached hydrogens (tertiary/aromatic N) is 1. The Kier molecular flexibility index (Phi) is 4.50. The van der Waals surface area contributed by atoms with E-state index in [9.17, 15) is 4.79 Å². The van der Waals surface area contributed by atoms with E-state index in [1.807, 2.05) is 36.4 Å². The SMILES string of the molecule is Nc1ncccc1CC(=O)CCOc1ccccc1. The van der Waals surface area contributed by atoms with Crippen LogP contribution in [0.4, 0.5) is 5.82 Å². The first-order valence-corrected chi connectivity index (χ1v) is 6.14. The Morgan fingerprint density at radius 1 is 1.16 bits per heavy atom. The molecule has 1 aromatic heterocycles. The maximum Gasteiger partial charge on any atom is 0.140 e. The monoisotopic (exact) mass is 256 g/mol. The second-order valence-electron chi connectivity index (χ2n) is 4.17. The molecule has 4 heteroatoms. The van der Waals surface area contributed by atoms with Crippen LogP contribution in [0, 0.1) is 0 Å². The molecule has 1 heterocycles. The van der Waals surface area contributed by atoms with Gasteiger partial charge in [0.2, 0.25) is 0 Å². The number of anilines is 1. The van der Waals surface area contributed by atoms with Gasteiger partial charge in [0.05, 0.1) is 6.61 Å². The Morgan fingerprint density at radius 2 is 1.95 bits per heavy atom. The van der Waals surface area contributed by atoms with Crippen molar-refractivity contribution in [2.45, 2.75) is 12.8 Å². The smallest absolute Gasteiger partial charge is 0.140 e. The minimum atomic E-state index is 0.0932. The van der Waals surface area contributed by atoms with Crippen molar-refractivity contribution in [1.82, 2.24) is 4.98 Å². The van der Waals surface area contributed by atoms with Gasteiger partial charge in [-0.1, -0.05) is 24.3 Å². The van der Waals surface area contributed by atoms with Crippen LogP contribution in [-0.2, 0) is 11.2 Å². The summed E-state index contributed by atoms with van der Waals surface area (Å²) < 4.78 is 5.48. The molecule has 98 valence electrons. The number of nitrogens with two attached hydrogens (primary N) is 1. The maximum atomic E-state index is 11.8. The van der Waals surface area contributed by atoms with Crippen molar-refractivity contribution in [1.29, 1.82) is 0 Å². The van der Waals surface area contributed by atoms with E-state index in [1.54, 1.807) is 12.3 Å². The Balaban J connectivity index is 1.78. The summed E-state index contributed by atoms with van der Waals surface area (Å²) in [5, 5.41) is 0. The number of carbonyl (C=O) groups is 1.